The van der Waals surface area contributed by atoms with Gasteiger partial charge in [0, 0.05) is 5.92 Å². The van der Waals surface area contributed by atoms with Gasteiger partial charge in [-0.2, -0.15) is 5.10 Å². The van der Waals surface area contributed by atoms with E-state index in [1.54, 1.807) is 18.2 Å². The summed E-state index contributed by atoms with van der Waals surface area (Å²) in [7, 11) is 2.78. The minimum Gasteiger partial charge on any atom is -0.493 e. The summed E-state index contributed by atoms with van der Waals surface area (Å²) >= 11 is 0. The number of nitrogens with one attached hydrogen (secondary N) is 1. The van der Waals surface area contributed by atoms with E-state index in [9.17, 15) is 9.59 Å². The number of amides is 1. The summed E-state index contributed by atoms with van der Waals surface area (Å²) in [4.78, 5) is 28.4. The molecule has 0 radical (unpaired) electrons. The molecule has 3 rings (SSSR count). The van der Waals surface area contributed by atoms with E-state index in [1.165, 1.54) is 20.4 Å². The summed E-state index contributed by atoms with van der Waals surface area (Å²) in [5.74, 6) is 1.08. The van der Waals surface area contributed by atoms with E-state index in [0.29, 0.717) is 17.1 Å². The lowest BCUT2D eigenvalue weighted by atomic mass is 10.2. The molecule has 2 aromatic carbocycles. The van der Waals surface area contributed by atoms with Crippen LogP contribution in [0, 0.1) is 0 Å². The predicted octanol–water partition coefficient (Wildman–Crippen LogP) is 2.87. The van der Waals surface area contributed by atoms with Crippen LogP contribution in [0.25, 0.3) is 11.0 Å². The number of hydrogen-bond donors (Lipinski definition) is 1. The van der Waals surface area contributed by atoms with E-state index in [-0.39, 0.29) is 25.0 Å². The molecule has 0 aliphatic carbocycles. The Morgan fingerprint density at radius 1 is 1.16 bits per heavy atom. The first-order valence-corrected chi connectivity index (χ1v) is 10.1. The summed E-state index contributed by atoms with van der Waals surface area (Å²) in [6.07, 6.45) is 1.50. The molecule has 0 aliphatic heterocycles. The first-order valence-electron chi connectivity index (χ1n) is 10.1. The van der Waals surface area contributed by atoms with E-state index in [1.807, 2.05) is 42.7 Å². The number of hydrogen-bond acceptors (Lipinski definition) is 7. The van der Waals surface area contributed by atoms with Gasteiger partial charge in [-0.05, 0) is 35.9 Å². The Bertz CT molecular complexity index is 1140. The van der Waals surface area contributed by atoms with Crippen molar-refractivity contribution in [2.24, 2.45) is 5.10 Å². The lowest BCUT2D eigenvalue weighted by Gasteiger charge is -2.11. The normalized spacial score (nSPS) is 11.2. The molecular formula is C23H26N4O5. The van der Waals surface area contributed by atoms with Crippen LogP contribution < -0.4 is 14.9 Å². The van der Waals surface area contributed by atoms with Gasteiger partial charge in [0.2, 0.25) is 0 Å². The number of para-hydroxylation sites is 2. The lowest BCUT2D eigenvalue weighted by Crippen LogP contribution is -2.24. The van der Waals surface area contributed by atoms with E-state index < -0.39 is 5.97 Å². The fourth-order valence-electron chi connectivity index (χ4n) is 3.14. The highest BCUT2D eigenvalue weighted by atomic mass is 16.6. The molecule has 0 saturated carbocycles. The Kier molecular flexibility index (Phi) is 7.43. The molecule has 9 nitrogen and oxygen atoms in total. The van der Waals surface area contributed by atoms with Crippen LogP contribution in [-0.2, 0) is 20.9 Å². The van der Waals surface area contributed by atoms with Crippen molar-refractivity contribution in [2.75, 3.05) is 20.8 Å². The third-order valence-electron chi connectivity index (χ3n) is 4.67. The number of benzene rings is 2. The Morgan fingerprint density at radius 3 is 2.66 bits per heavy atom. The first-order chi connectivity index (χ1) is 15.4. The van der Waals surface area contributed by atoms with Gasteiger partial charge in [-0.15, -0.1) is 0 Å². The molecule has 0 bridgehead atoms. The highest BCUT2D eigenvalue weighted by Crippen LogP contribution is 2.27. The van der Waals surface area contributed by atoms with Crippen molar-refractivity contribution in [1.29, 1.82) is 0 Å². The molecule has 3 aromatic rings. The Balaban J connectivity index is 1.66. The number of imidazole rings is 1. The SMILES string of the molecule is COC(=O)COc1ccc(/C=N/NC(=O)Cn2c(C(C)C)nc3ccccc32)cc1OC. The van der Waals surface area contributed by atoms with Gasteiger partial charge in [-0.1, -0.05) is 26.0 Å². The topological polar surface area (TPSA) is 104 Å². The zero-order valence-corrected chi connectivity index (χ0v) is 18.5. The number of esters is 1. The van der Waals surface area contributed by atoms with Gasteiger partial charge < -0.3 is 18.8 Å². The van der Waals surface area contributed by atoms with Crippen LogP contribution in [0.2, 0.25) is 0 Å². The number of methoxy groups -OCH3 is 2. The molecule has 0 fully saturated rings. The monoisotopic (exact) mass is 438 g/mol. The highest BCUT2D eigenvalue weighted by molar-refractivity contribution is 5.84. The van der Waals surface area contributed by atoms with Crippen molar-refractivity contribution in [2.45, 2.75) is 26.3 Å². The highest BCUT2D eigenvalue weighted by Gasteiger charge is 2.15. The molecule has 168 valence electrons. The molecule has 1 amide bonds. The Morgan fingerprint density at radius 2 is 1.94 bits per heavy atom. The third-order valence-corrected chi connectivity index (χ3v) is 4.67. The molecule has 0 saturated heterocycles. The zero-order valence-electron chi connectivity index (χ0n) is 18.5. The summed E-state index contributed by atoms with van der Waals surface area (Å²) in [5.41, 5.74) is 4.99. The van der Waals surface area contributed by atoms with Crippen LogP contribution >= 0.6 is 0 Å². The van der Waals surface area contributed by atoms with Crippen LogP contribution in [0.1, 0.15) is 31.2 Å². The quantitative estimate of drug-likeness (QED) is 0.313. The van der Waals surface area contributed by atoms with E-state index in [4.69, 9.17) is 9.47 Å². The average molecular weight is 438 g/mol. The van der Waals surface area contributed by atoms with Crippen molar-refractivity contribution in [3.8, 4) is 11.5 Å². The van der Waals surface area contributed by atoms with Crippen molar-refractivity contribution >= 4 is 29.1 Å². The van der Waals surface area contributed by atoms with Gasteiger partial charge in [0.05, 0.1) is 31.5 Å². The van der Waals surface area contributed by atoms with Gasteiger partial charge >= 0.3 is 5.97 Å². The fourth-order valence-corrected chi connectivity index (χ4v) is 3.14. The summed E-state index contributed by atoms with van der Waals surface area (Å²) in [6, 6.07) is 12.8. The van der Waals surface area contributed by atoms with Crippen LogP contribution in [0.3, 0.4) is 0 Å². The molecule has 1 N–H and O–H groups in total. The maximum atomic E-state index is 12.5. The van der Waals surface area contributed by atoms with Gasteiger partial charge in [0.25, 0.3) is 5.91 Å². The van der Waals surface area contributed by atoms with Gasteiger partial charge in [-0.25, -0.2) is 15.2 Å². The van der Waals surface area contributed by atoms with Crippen molar-refractivity contribution < 1.29 is 23.8 Å². The molecule has 0 atom stereocenters. The number of ether oxygens (including phenoxy) is 3. The minimum atomic E-state index is -0.494. The van der Waals surface area contributed by atoms with Gasteiger partial charge in [0.1, 0.15) is 12.4 Å². The molecule has 1 heterocycles. The minimum absolute atomic E-state index is 0.106. The molecule has 9 heteroatoms. The molecule has 0 spiro atoms. The van der Waals surface area contributed by atoms with E-state index in [2.05, 4.69) is 20.2 Å². The van der Waals surface area contributed by atoms with Gasteiger partial charge in [-0.3, -0.25) is 4.79 Å². The number of nitrogens with zero attached hydrogens (tertiary/aromatic N) is 3. The van der Waals surface area contributed by atoms with Crippen molar-refractivity contribution in [1.82, 2.24) is 15.0 Å². The maximum Gasteiger partial charge on any atom is 0.343 e. The zero-order chi connectivity index (χ0) is 23.1. The van der Waals surface area contributed by atoms with Gasteiger partial charge in [0.15, 0.2) is 18.1 Å². The first kappa shape index (κ1) is 22.8. The standard InChI is InChI=1S/C23H26N4O5/c1-15(2)23-25-17-7-5-6-8-18(17)27(23)13-21(28)26-24-12-16-9-10-19(20(11-16)30-3)32-14-22(29)31-4/h5-12,15H,13-14H2,1-4H3,(H,26,28)/b24-12+. The van der Waals surface area contributed by atoms with E-state index in [0.717, 1.165) is 16.9 Å². The van der Waals surface area contributed by atoms with E-state index >= 15 is 0 Å². The number of rotatable bonds is 9. The number of fused-ring (bicyclic) bond motifs is 1. The second-order valence-corrected chi connectivity index (χ2v) is 7.27. The van der Waals surface area contributed by atoms with Crippen LogP contribution in [0.5, 0.6) is 11.5 Å². The molecule has 0 aliphatic rings. The maximum absolute atomic E-state index is 12.5. The van der Waals surface area contributed by atoms with Crippen molar-refractivity contribution in [3.63, 3.8) is 0 Å². The average Bonchev–Trinajstić information content (AvgIpc) is 3.16. The second kappa shape index (κ2) is 10.4. The molecule has 1 aromatic heterocycles. The smallest absolute Gasteiger partial charge is 0.343 e. The van der Waals surface area contributed by atoms with Crippen LogP contribution in [-0.4, -0.2) is 48.5 Å². The number of carbonyl (C=O) groups is 2. The third kappa shape index (κ3) is 5.42. The fraction of sp³-hybridized carbons (Fsp3) is 0.304. The number of carbonyl (C=O) groups excluding carboxylic acids is 2. The summed E-state index contributed by atoms with van der Waals surface area (Å²) in [5, 5.41) is 4.04. The van der Waals surface area contributed by atoms with Crippen LogP contribution in [0.15, 0.2) is 47.6 Å². The second-order valence-electron chi connectivity index (χ2n) is 7.27. The number of aromatic nitrogens is 2. The Hall–Kier alpha value is -3.88. The predicted molar refractivity (Wildman–Crippen MR) is 120 cm³/mol. The summed E-state index contributed by atoms with van der Waals surface area (Å²) in [6.45, 7) is 3.96. The molecule has 0 unspecified atom stereocenters. The van der Waals surface area contributed by atoms with Crippen molar-refractivity contribution in [3.05, 3.63) is 53.9 Å². The van der Waals surface area contributed by atoms with Crippen LogP contribution in [0.4, 0.5) is 0 Å². The lowest BCUT2D eigenvalue weighted by molar-refractivity contribution is -0.142. The molecular weight excluding hydrogens is 412 g/mol. The summed E-state index contributed by atoms with van der Waals surface area (Å²) < 4.78 is 17.1. The number of hydrazone groups is 1. The Labute approximate surface area is 186 Å². The molecule has 32 heavy (non-hydrogen) atoms. The largest absolute Gasteiger partial charge is 0.493 e.